The van der Waals surface area contributed by atoms with E-state index in [9.17, 15) is 0 Å². The molecule has 1 aliphatic carbocycles. The Bertz CT molecular complexity index is 446. The average molecular weight is 293 g/mol. The van der Waals surface area contributed by atoms with Gasteiger partial charge in [0.25, 0.3) is 0 Å². The molecule has 1 saturated carbocycles. The van der Waals surface area contributed by atoms with Gasteiger partial charge in [-0.25, -0.2) is 0 Å². The molecule has 1 unspecified atom stereocenters. The van der Waals surface area contributed by atoms with Crippen LogP contribution in [0.5, 0.6) is 6.01 Å². The SMILES string of the molecule is CNc1nc(NC(C)C2CCCCC2)nc(OC(C)C)n1. The fourth-order valence-electron chi connectivity index (χ4n) is 2.75. The molecule has 0 spiro atoms. The number of rotatable bonds is 6. The largest absolute Gasteiger partial charge is 0.461 e. The van der Waals surface area contributed by atoms with Gasteiger partial charge in [-0.1, -0.05) is 19.3 Å². The summed E-state index contributed by atoms with van der Waals surface area (Å²) in [4.78, 5) is 12.9. The molecule has 0 saturated heterocycles. The molecule has 0 aliphatic heterocycles. The first-order chi connectivity index (χ1) is 10.1. The Labute approximate surface area is 127 Å². The van der Waals surface area contributed by atoms with Gasteiger partial charge < -0.3 is 15.4 Å². The molecule has 6 heteroatoms. The number of nitrogens with zero attached hydrogens (tertiary/aromatic N) is 3. The number of anilines is 2. The third kappa shape index (κ3) is 4.72. The Balaban J connectivity index is 2.06. The van der Waals surface area contributed by atoms with Crippen LogP contribution >= 0.6 is 0 Å². The average Bonchev–Trinajstić information content (AvgIpc) is 2.47. The molecule has 0 amide bonds. The van der Waals surface area contributed by atoms with Crippen molar-refractivity contribution in [2.24, 2.45) is 5.92 Å². The molecule has 1 fully saturated rings. The van der Waals surface area contributed by atoms with Gasteiger partial charge in [-0.05, 0) is 39.5 Å². The van der Waals surface area contributed by atoms with Crippen LogP contribution in [-0.2, 0) is 0 Å². The molecule has 1 heterocycles. The van der Waals surface area contributed by atoms with Crippen LogP contribution in [-0.4, -0.2) is 34.1 Å². The van der Waals surface area contributed by atoms with Crippen LogP contribution in [0.2, 0.25) is 0 Å². The normalized spacial score (nSPS) is 17.6. The van der Waals surface area contributed by atoms with Crippen LogP contribution in [0.25, 0.3) is 0 Å². The molecule has 1 atom stereocenters. The van der Waals surface area contributed by atoms with Crippen molar-refractivity contribution in [3.63, 3.8) is 0 Å². The number of ether oxygens (including phenoxy) is 1. The second-order valence-electron chi connectivity index (χ2n) is 6.01. The topological polar surface area (TPSA) is 72.0 Å². The van der Waals surface area contributed by atoms with E-state index in [1.54, 1.807) is 7.05 Å². The summed E-state index contributed by atoms with van der Waals surface area (Å²) in [5.41, 5.74) is 0. The van der Waals surface area contributed by atoms with Gasteiger partial charge in [0.15, 0.2) is 0 Å². The fraction of sp³-hybridized carbons (Fsp3) is 0.800. The standard InChI is InChI=1S/C15H27N5O/c1-10(2)21-15-19-13(16-4)18-14(20-15)17-11(3)12-8-6-5-7-9-12/h10-12H,5-9H2,1-4H3,(H2,16,17,18,19,20). The molecule has 1 aromatic heterocycles. The van der Waals surface area contributed by atoms with E-state index in [-0.39, 0.29) is 6.10 Å². The van der Waals surface area contributed by atoms with Crippen molar-refractivity contribution in [2.75, 3.05) is 17.7 Å². The zero-order valence-corrected chi connectivity index (χ0v) is 13.5. The molecule has 118 valence electrons. The van der Waals surface area contributed by atoms with Gasteiger partial charge in [-0.3, -0.25) is 0 Å². The second-order valence-corrected chi connectivity index (χ2v) is 6.01. The van der Waals surface area contributed by atoms with E-state index in [4.69, 9.17) is 4.74 Å². The highest BCUT2D eigenvalue weighted by Gasteiger charge is 2.21. The second kappa shape index (κ2) is 7.43. The van der Waals surface area contributed by atoms with Gasteiger partial charge in [0, 0.05) is 13.1 Å². The van der Waals surface area contributed by atoms with E-state index in [0.29, 0.717) is 29.9 Å². The maximum absolute atomic E-state index is 5.58. The molecular formula is C15H27N5O. The third-order valence-electron chi connectivity index (χ3n) is 3.89. The smallest absolute Gasteiger partial charge is 0.323 e. The van der Waals surface area contributed by atoms with E-state index in [1.165, 1.54) is 32.1 Å². The summed E-state index contributed by atoms with van der Waals surface area (Å²) >= 11 is 0. The number of nitrogens with one attached hydrogen (secondary N) is 2. The van der Waals surface area contributed by atoms with E-state index in [1.807, 2.05) is 13.8 Å². The van der Waals surface area contributed by atoms with Gasteiger partial charge in [0.1, 0.15) is 0 Å². The van der Waals surface area contributed by atoms with Gasteiger partial charge >= 0.3 is 6.01 Å². The third-order valence-corrected chi connectivity index (χ3v) is 3.89. The van der Waals surface area contributed by atoms with Crippen molar-refractivity contribution in [3.05, 3.63) is 0 Å². The van der Waals surface area contributed by atoms with E-state index in [2.05, 4.69) is 32.5 Å². The predicted molar refractivity (Wildman–Crippen MR) is 84.8 cm³/mol. The Morgan fingerprint density at radius 2 is 1.67 bits per heavy atom. The molecule has 1 aliphatic rings. The van der Waals surface area contributed by atoms with Crippen molar-refractivity contribution in [3.8, 4) is 6.01 Å². The van der Waals surface area contributed by atoms with Crippen molar-refractivity contribution < 1.29 is 4.74 Å². The Morgan fingerprint density at radius 3 is 2.29 bits per heavy atom. The molecule has 6 nitrogen and oxygen atoms in total. The number of hydrogen-bond acceptors (Lipinski definition) is 6. The summed E-state index contributed by atoms with van der Waals surface area (Å²) in [5.74, 6) is 1.81. The molecule has 2 N–H and O–H groups in total. The fourth-order valence-corrected chi connectivity index (χ4v) is 2.75. The monoisotopic (exact) mass is 293 g/mol. The summed E-state index contributed by atoms with van der Waals surface area (Å²) in [6.45, 7) is 6.13. The summed E-state index contributed by atoms with van der Waals surface area (Å²) in [7, 11) is 1.79. The molecule has 0 aromatic carbocycles. The minimum absolute atomic E-state index is 0.0423. The van der Waals surface area contributed by atoms with Crippen molar-refractivity contribution in [2.45, 2.75) is 65.0 Å². The molecule has 1 aromatic rings. The summed E-state index contributed by atoms with van der Waals surface area (Å²) in [6, 6.07) is 0.729. The van der Waals surface area contributed by atoms with Gasteiger partial charge in [0.2, 0.25) is 11.9 Å². The van der Waals surface area contributed by atoms with Gasteiger partial charge in [-0.2, -0.15) is 15.0 Å². The molecular weight excluding hydrogens is 266 g/mol. The van der Waals surface area contributed by atoms with Crippen LogP contribution < -0.4 is 15.4 Å². The lowest BCUT2D eigenvalue weighted by Gasteiger charge is -2.28. The van der Waals surface area contributed by atoms with Crippen LogP contribution in [0, 0.1) is 5.92 Å². The van der Waals surface area contributed by atoms with Crippen LogP contribution in [0.1, 0.15) is 52.9 Å². The highest BCUT2D eigenvalue weighted by molar-refractivity contribution is 5.36. The van der Waals surface area contributed by atoms with Crippen molar-refractivity contribution in [1.29, 1.82) is 0 Å². The first-order valence-corrected chi connectivity index (χ1v) is 7.95. The van der Waals surface area contributed by atoms with Gasteiger partial charge in [-0.15, -0.1) is 0 Å². The predicted octanol–water partition coefficient (Wildman–Crippen LogP) is 3.08. The Morgan fingerprint density at radius 1 is 1.00 bits per heavy atom. The Kier molecular flexibility index (Phi) is 5.59. The Hall–Kier alpha value is -1.59. The first-order valence-electron chi connectivity index (χ1n) is 7.95. The lowest BCUT2D eigenvalue weighted by atomic mass is 9.85. The number of hydrogen-bond donors (Lipinski definition) is 2. The molecule has 21 heavy (non-hydrogen) atoms. The van der Waals surface area contributed by atoms with Crippen LogP contribution in [0.4, 0.5) is 11.9 Å². The zero-order valence-electron chi connectivity index (χ0n) is 13.5. The van der Waals surface area contributed by atoms with Crippen LogP contribution in [0.3, 0.4) is 0 Å². The molecule has 2 rings (SSSR count). The maximum Gasteiger partial charge on any atom is 0.323 e. The lowest BCUT2D eigenvalue weighted by molar-refractivity contribution is 0.222. The summed E-state index contributed by atoms with van der Waals surface area (Å²) in [5, 5.41) is 6.37. The summed E-state index contributed by atoms with van der Waals surface area (Å²) in [6.07, 6.45) is 6.64. The maximum atomic E-state index is 5.58. The van der Waals surface area contributed by atoms with Crippen molar-refractivity contribution in [1.82, 2.24) is 15.0 Å². The highest BCUT2D eigenvalue weighted by atomic mass is 16.5. The minimum Gasteiger partial charge on any atom is -0.461 e. The molecule has 0 radical (unpaired) electrons. The summed E-state index contributed by atoms with van der Waals surface area (Å²) < 4.78 is 5.58. The quantitative estimate of drug-likeness (QED) is 0.840. The van der Waals surface area contributed by atoms with Gasteiger partial charge in [0.05, 0.1) is 6.10 Å². The van der Waals surface area contributed by atoms with Crippen LogP contribution in [0.15, 0.2) is 0 Å². The first kappa shape index (κ1) is 15.8. The zero-order chi connectivity index (χ0) is 15.2. The van der Waals surface area contributed by atoms with E-state index in [0.717, 1.165) is 0 Å². The lowest BCUT2D eigenvalue weighted by Crippen LogP contribution is -2.28. The van der Waals surface area contributed by atoms with Crippen molar-refractivity contribution >= 4 is 11.9 Å². The number of aromatic nitrogens is 3. The molecule has 0 bridgehead atoms. The minimum atomic E-state index is 0.0423. The highest BCUT2D eigenvalue weighted by Crippen LogP contribution is 2.27. The van der Waals surface area contributed by atoms with E-state index >= 15 is 0 Å². The van der Waals surface area contributed by atoms with E-state index < -0.39 is 0 Å².